The zero-order chi connectivity index (χ0) is 13.8. The summed E-state index contributed by atoms with van der Waals surface area (Å²) in [5, 5.41) is 12.4. The Hall–Kier alpha value is -1.47. The van der Waals surface area contributed by atoms with Crippen LogP contribution >= 0.6 is 11.8 Å². The topological polar surface area (TPSA) is 52.8 Å². The Kier molecular flexibility index (Phi) is 4.27. The van der Waals surface area contributed by atoms with E-state index in [0.29, 0.717) is 12.3 Å². The van der Waals surface area contributed by atoms with E-state index in [1.165, 1.54) is 23.9 Å². The van der Waals surface area contributed by atoms with E-state index in [9.17, 15) is 4.39 Å². The van der Waals surface area contributed by atoms with E-state index in [1.54, 1.807) is 10.7 Å². The van der Waals surface area contributed by atoms with Crippen LogP contribution in [0.4, 0.5) is 4.39 Å². The van der Waals surface area contributed by atoms with Gasteiger partial charge in [0.1, 0.15) is 5.82 Å². The van der Waals surface area contributed by atoms with Gasteiger partial charge in [-0.3, -0.25) is 0 Å². The minimum Gasteiger partial charge on any atom is -0.376 e. The lowest BCUT2D eigenvalue weighted by Crippen LogP contribution is -2.16. The van der Waals surface area contributed by atoms with Crippen molar-refractivity contribution in [3.63, 3.8) is 0 Å². The zero-order valence-electron chi connectivity index (χ0n) is 10.9. The summed E-state index contributed by atoms with van der Waals surface area (Å²) in [6, 6.07) is 6.57. The predicted octanol–water partition coefficient (Wildman–Crippen LogP) is 2.28. The van der Waals surface area contributed by atoms with Crippen LogP contribution in [0.5, 0.6) is 0 Å². The first kappa shape index (κ1) is 13.5. The third-order valence-electron chi connectivity index (χ3n) is 3.16. The Labute approximate surface area is 120 Å². The van der Waals surface area contributed by atoms with Crippen molar-refractivity contribution < 1.29 is 9.13 Å². The number of benzene rings is 1. The van der Waals surface area contributed by atoms with Crippen molar-refractivity contribution in [2.45, 2.75) is 36.4 Å². The van der Waals surface area contributed by atoms with E-state index in [-0.39, 0.29) is 11.9 Å². The summed E-state index contributed by atoms with van der Waals surface area (Å²) in [4.78, 5) is 0. The van der Waals surface area contributed by atoms with Crippen molar-refractivity contribution in [3.05, 3.63) is 35.6 Å². The summed E-state index contributed by atoms with van der Waals surface area (Å²) in [5.74, 6) is 0.422. The van der Waals surface area contributed by atoms with Gasteiger partial charge in [-0.1, -0.05) is 23.9 Å². The molecule has 1 aliphatic rings. The molecule has 0 bridgehead atoms. The van der Waals surface area contributed by atoms with E-state index >= 15 is 0 Å². The lowest BCUT2D eigenvalue weighted by atomic mass is 10.2. The van der Waals surface area contributed by atoms with Crippen molar-refractivity contribution >= 4 is 11.8 Å². The Morgan fingerprint density at radius 2 is 2.40 bits per heavy atom. The molecule has 7 heteroatoms. The van der Waals surface area contributed by atoms with Gasteiger partial charge >= 0.3 is 0 Å². The Bertz CT molecular complexity index is 571. The van der Waals surface area contributed by atoms with Crippen molar-refractivity contribution in [3.8, 4) is 0 Å². The van der Waals surface area contributed by atoms with Crippen LogP contribution in [-0.2, 0) is 17.0 Å². The molecule has 1 atom stereocenters. The van der Waals surface area contributed by atoms with Gasteiger partial charge in [0, 0.05) is 12.4 Å². The van der Waals surface area contributed by atoms with Crippen LogP contribution in [0.1, 0.15) is 18.4 Å². The van der Waals surface area contributed by atoms with Gasteiger partial charge < -0.3 is 4.74 Å². The molecule has 1 saturated heterocycles. The Morgan fingerprint density at radius 3 is 3.20 bits per heavy atom. The van der Waals surface area contributed by atoms with Gasteiger partial charge in [-0.05, 0) is 41.0 Å². The first-order chi connectivity index (χ1) is 9.81. The largest absolute Gasteiger partial charge is 0.376 e. The lowest BCUT2D eigenvalue weighted by Gasteiger charge is -2.09. The fourth-order valence-corrected chi connectivity index (χ4v) is 3.00. The van der Waals surface area contributed by atoms with E-state index in [4.69, 9.17) is 4.74 Å². The molecule has 1 aromatic carbocycles. The molecule has 2 aromatic rings. The summed E-state index contributed by atoms with van der Waals surface area (Å²) >= 11 is 1.50. The first-order valence-electron chi connectivity index (χ1n) is 6.56. The van der Waals surface area contributed by atoms with E-state index < -0.39 is 0 Å². The molecule has 0 aliphatic carbocycles. The van der Waals surface area contributed by atoms with Crippen LogP contribution in [0.3, 0.4) is 0 Å². The van der Waals surface area contributed by atoms with Crippen molar-refractivity contribution in [2.75, 3.05) is 6.61 Å². The molecule has 3 rings (SSSR count). The molecule has 0 spiro atoms. The molecule has 0 unspecified atom stereocenters. The highest BCUT2D eigenvalue weighted by Gasteiger charge is 2.18. The maximum Gasteiger partial charge on any atom is 0.209 e. The molecule has 1 aliphatic heterocycles. The first-order valence-corrected chi connectivity index (χ1v) is 7.55. The van der Waals surface area contributed by atoms with E-state index in [2.05, 4.69) is 15.5 Å². The number of ether oxygens (including phenoxy) is 1. The number of thioether (sulfide) groups is 1. The Morgan fingerprint density at radius 1 is 1.45 bits per heavy atom. The zero-order valence-corrected chi connectivity index (χ0v) is 11.7. The van der Waals surface area contributed by atoms with Gasteiger partial charge in [0.2, 0.25) is 5.16 Å². The second-order valence-corrected chi connectivity index (χ2v) is 5.64. The van der Waals surface area contributed by atoms with Crippen LogP contribution in [0, 0.1) is 5.82 Å². The minimum atomic E-state index is -0.220. The molecule has 106 valence electrons. The fraction of sp³-hybridized carbons (Fsp3) is 0.462. The minimum absolute atomic E-state index is 0.201. The third kappa shape index (κ3) is 3.34. The molecule has 5 nitrogen and oxygen atoms in total. The SMILES string of the molecule is Fc1cccc(CSc2nnnn2C[C@H]2CCCO2)c1. The molecule has 1 fully saturated rings. The highest BCUT2D eigenvalue weighted by atomic mass is 32.2. The maximum atomic E-state index is 13.1. The predicted molar refractivity (Wildman–Crippen MR) is 72.8 cm³/mol. The fourth-order valence-electron chi connectivity index (χ4n) is 2.17. The number of hydrogen-bond acceptors (Lipinski definition) is 5. The summed E-state index contributed by atoms with van der Waals surface area (Å²) in [5.41, 5.74) is 0.918. The van der Waals surface area contributed by atoms with Crippen molar-refractivity contribution in [1.82, 2.24) is 20.2 Å². The molecule has 1 aromatic heterocycles. The molecular weight excluding hydrogens is 279 g/mol. The van der Waals surface area contributed by atoms with E-state index in [1.807, 2.05) is 6.07 Å². The van der Waals surface area contributed by atoms with E-state index in [0.717, 1.165) is 30.2 Å². The van der Waals surface area contributed by atoms with Crippen LogP contribution in [0.2, 0.25) is 0 Å². The highest BCUT2D eigenvalue weighted by molar-refractivity contribution is 7.98. The van der Waals surface area contributed by atoms with Gasteiger partial charge in [-0.15, -0.1) is 5.10 Å². The number of rotatable bonds is 5. The third-order valence-corrected chi connectivity index (χ3v) is 4.18. The van der Waals surface area contributed by atoms with Crippen LogP contribution in [0.15, 0.2) is 29.4 Å². The number of tetrazole rings is 1. The van der Waals surface area contributed by atoms with Crippen LogP contribution in [0.25, 0.3) is 0 Å². The van der Waals surface area contributed by atoms with Crippen LogP contribution < -0.4 is 0 Å². The molecule has 2 heterocycles. The van der Waals surface area contributed by atoms with Gasteiger partial charge in [-0.25, -0.2) is 9.07 Å². The number of halogens is 1. The molecule has 0 saturated carbocycles. The van der Waals surface area contributed by atoms with Gasteiger partial charge in [-0.2, -0.15) is 0 Å². The second-order valence-electron chi connectivity index (χ2n) is 4.70. The average Bonchev–Trinajstić information content (AvgIpc) is 3.09. The summed E-state index contributed by atoms with van der Waals surface area (Å²) < 4.78 is 20.5. The average molecular weight is 294 g/mol. The summed E-state index contributed by atoms with van der Waals surface area (Å²) in [6.45, 7) is 1.50. The summed E-state index contributed by atoms with van der Waals surface area (Å²) in [6.07, 6.45) is 2.35. The Balaban J connectivity index is 1.61. The smallest absolute Gasteiger partial charge is 0.209 e. The summed E-state index contributed by atoms with van der Waals surface area (Å²) in [7, 11) is 0. The quantitative estimate of drug-likeness (QED) is 0.792. The van der Waals surface area contributed by atoms with Crippen LogP contribution in [-0.4, -0.2) is 32.9 Å². The lowest BCUT2D eigenvalue weighted by molar-refractivity contribution is 0.0912. The molecule has 0 amide bonds. The molecule has 0 N–H and O–H groups in total. The normalized spacial score (nSPS) is 18.6. The number of hydrogen-bond donors (Lipinski definition) is 0. The van der Waals surface area contributed by atoms with Crippen molar-refractivity contribution in [2.24, 2.45) is 0 Å². The molecular formula is C13H15FN4OS. The monoisotopic (exact) mass is 294 g/mol. The second kappa shape index (κ2) is 6.32. The van der Waals surface area contributed by atoms with Crippen molar-refractivity contribution in [1.29, 1.82) is 0 Å². The molecule has 20 heavy (non-hydrogen) atoms. The van der Waals surface area contributed by atoms with Gasteiger partial charge in [0.05, 0.1) is 12.6 Å². The maximum absolute atomic E-state index is 13.1. The van der Waals surface area contributed by atoms with Gasteiger partial charge in [0.15, 0.2) is 0 Å². The molecule has 0 radical (unpaired) electrons. The standard InChI is InChI=1S/C13H15FN4OS/c14-11-4-1-3-10(7-11)9-20-13-15-16-17-18(13)8-12-5-2-6-19-12/h1,3-4,7,12H,2,5-6,8-9H2/t12-/m1/s1. The number of aromatic nitrogens is 4. The number of nitrogens with zero attached hydrogens (tertiary/aromatic N) is 4. The highest BCUT2D eigenvalue weighted by Crippen LogP contribution is 2.22. The van der Waals surface area contributed by atoms with Gasteiger partial charge in [0.25, 0.3) is 0 Å².